The van der Waals surface area contributed by atoms with Crippen LogP contribution in [0.25, 0.3) is 0 Å². The average molecular weight is 276 g/mol. The van der Waals surface area contributed by atoms with Gasteiger partial charge in [-0.3, -0.25) is 4.90 Å². The topological polar surface area (TPSA) is 24.5 Å². The molecule has 1 N–H and O–H groups in total. The summed E-state index contributed by atoms with van der Waals surface area (Å²) in [6.07, 6.45) is 5.24. The first-order chi connectivity index (χ1) is 9.74. The number of nitrogens with one attached hydrogen (secondary N) is 1. The van der Waals surface area contributed by atoms with Gasteiger partial charge in [0.1, 0.15) is 5.75 Å². The third-order valence-electron chi connectivity index (χ3n) is 4.22. The molecule has 0 amide bonds. The van der Waals surface area contributed by atoms with Crippen LogP contribution in [0, 0.1) is 0 Å². The molecule has 0 radical (unpaired) electrons. The molecule has 0 aromatic heterocycles. The third-order valence-corrected chi connectivity index (χ3v) is 4.22. The normalized spacial score (nSPS) is 15.4. The zero-order valence-electron chi connectivity index (χ0n) is 13.1. The SMILES string of the molecule is CCCNCc1ccc(OC)c(CN(C)C2CCC2)c1. The van der Waals surface area contributed by atoms with Crippen LogP contribution in [0.15, 0.2) is 18.2 Å². The van der Waals surface area contributed by atoms with E-state index in [9.17, 15) is 0 Å². The summed E-state index contributed by atoms with van der Waals surface area (Å²) in [5.74, 6) is 1.01. The van der Waals surface area contributed by atoms with Crippen LogP contribution in [0.3, 0.4) is 0 Å². The van der Waals surface area contributed by atoms with Gasteiger partial charge in [-0.2, -0.15) is 0 Å². The predicted octanol–water partition coefficient (Wildman–Crippen LogP) is 3.18. The molecule has 0 spiro atoms. The Balaban J connectivity index is 2.01. The molecule has 20 heavy (non-hydrogen) atoms. The Morgan fingerprint density at radius 2 is 2.15 bits per heavy atom. The highest BCUT2D eigenvalue weighted by molar-refractivity contribution is 5.37. The highest BCUT2D eigenvalue weighted by Gasteiger charge is 2.22. The summed E-state index contributed by atoms with van der Waals surface area (Å²) in [5, 5.41) is 3.46. The van der Waals surface area contributed by atoms with E-state index in [0.717, 1.165) is 31.4 Å². The standard InChI is InChI=1S/C17H28N2O/c1-4-10-18-12-14-8-9-17(20-3)15(11-14)13-19(2)16-6-5-7-16/h8-9,11,16,18H,4-7,10,12-13H2,1-3H3. The second-order valence-corrected chi connectivity index (χ2v) is 5.82. The van der Waals surface area contributed by atoms with Crippen LogP contribution in [0.2, 0.25) is 0 Å². The summed E-state index contributed by atoms with van der Waals surface area (Å²) in [7, 11) is 3.99. The molecule has 0 atom stereocenters. The summed E-state index contributed by atoms with van der Waals surface area (Å²) < 4.78 is 5.51. The Morgan fingerprint density at radius 1 is 1.35 bits per heavy atom. The number of hydrogen-bond acceptors (Lipinski definition) is 3. The summed E-state index contributed by atoms with van der Waals surface area (Å²) in [5.41, 5.74) is 2.65. The van der Waals surface area contributed by atoms with Crippen molar-refractivity contribution in [2.45, 2.75) is 51.7 Å². The van der Waals surface area contributed by atoms with Crippen LogP contribution in [-0.2, 0) is 13.1 Å². The van der Waals surface area contributed by atoms with Crippen molar-refractivity contribution in [2.75, 3.05) is 20.7 Å². The lowest BCUT2D eigenvalue weighted by molar-refractivity contribution is 0.151. The molecule has 1 aliphatic carbocycles. The van der Waals surface area contributed by atoms with E-state index in [2.05, 4.69) is 42.4 Å². The summed E-state index contributed by atoms with van der Waals surface area (Å²) >= 11 is 0. The van der Waals surface area contributed by atoms with Gasteiger partial charge in [0.25, 0.3) is 0 Å². The Kier molecular flexibility index (Phi) is 5.86. The van der Waals surface area contributed by atoms with Gasteiger partial charge in [0.15, 0.2) is 0 Å². The second kappa shape index (κ2) is 7.65. The number of ether oxygens (including phenoxy) is 1. The van der Waals surface area contributed by atoms with Crippen molar-refractivity contribution in [3.05, 3.63) is 29.3 Å². The predicted molar refractivity (Wildman–Crippen MR) is 84.1 cm³/mol. The summed E-state index contributed by atoms with van der Waals surface area (Å²) in [6, 6.07) is 7.32. The first-order valence-corrected chi connectivity index (χ1v) is 7.81. The fourth-order valence-electron chi connectivity index (χ4n) is 2.70. The number of benzene rings is 1. The quantitative estimate of drug-likeness (QED) is 0.738. The molecule has 3 heteroatoms. The van der Waals surface area contributed by atoms with Crippen LogP contribution < -0.4 is 10.1 Å². The first kappa shape index (κ1) is 15.3. The molecule has 0 unspecified atom stereocenters. The van der Waals surface area contributed by atoms with Crippen molar-refractivity contribution >= 4 is 0 Å². The van der Waals surface area contributed by atoms with Crippen LogP contribution in [0.5, 0.6) is 5.75 Å². The van der Waals surface area contributed by atoms with Crippen molar-refractivity contribution in [3.63, 3.8) is 0 Å². The van der Waals surface area contributed by atoms with E-state index in [1.165, 1.54) is 36.8 Å². The van der Waals surface area contributed by atoms with Crippen molar-refractivity contribution < 1.29 is 4.74 Å². The largest absolute Gasteiger partial charge is 0.496 e. The Hall–Kier alpha value is -1.06. The van der Waals surface area contributed by atoms with Gasteiger partial charge in [0.05, 0.1) is 7.11 Å². The van der Waals surface area contributed by atoms with E-state index in [1.807, 2.05) is 0 Å². The van der Waals surface area contributed by atoms with Gasteiger partial charge in [-0.25, -0.2) is 0 Å². The van der Waals surface area contributed by atoms with Crippen molar-refractivity contribution in [1.29, 1.82) is 0 Å². The van der Waals surface area contributed by atoms with Gasteiger partial charge < -0.3 is 10.1 Å². The molecule has 0 heterocycles. The maximum Gasteiger partial charge on any atom is 0.123 e. The molecule has 0 aliphatic heterocycles. The van der Waals surface area contributed by atoms with Crippen LogP contribution in [0.1, 0.15) is 43.7 Å². The molecule has 1 aromatic rings. The Labute approximate surface area is 123 Å². The second-order valence-electron chi connectivity index (χ2n) is 5.82. The monoisotopic (exact) mass is 276 g/mol. The molecular weight excluding hydrogens is 248 g/mol. The minimum atomic E-state index is 0.765. The first-order valence-electron chi connectivity index (χ1n) is 7.81. The highest BCUT2D eigenvalue weighted by atomic mass is 16.5. The molecule has 1 saturated carbocycles. The van der Waals surface area contributed by atoms with Gasteiger partial charge >= 0.3 is 0 Å². The Bertz CT molecular complexity index is 415. The van der Waals surface area contributed by atoms with Gasteiger partial charge in [0.2, 0.25) is 0 Å². The highest BCUT2D eigenvalue weighted by Crippen LogP contribution is 2.27. The lowest BCUT2D eigenvalue weighted by Crippen LogP contribution is -2.36. The lowest BCUT2D eigenvalue weighted by Gasteiger charge is -2.35. The van der Waals surface area contributed by atoms with Gasteiger partial charge in [-0.15, -0.1) is 0 Å². The molecule has 3 nitrogen and oxygen atoms in total. The van der Waals surface area contributed by atoms with Crippen LogP contribution >= 0.6 is 0 Å². The molecule has 112 valence electrons. The number of methoxy groups -OCH3 is 1. The molecular formula is C17H28N2O. The number of nitrogens with zero attached hydrogens (tertiary/aromatic N) is 1. The maximum atomic E-state index is 5.51. The van der Waals surface area contributed by atoms with E-state index in [1.54, 1.807) is 7.11 Å². The Morgan fingerprint density at radius 3 is 2.75 bits per heavy atom. The zero-order valence-corrected chi connectivity index (χ0v) is 13.1. The van der Waals surface area contributed by atoms with Crippen LogP contribution in [0.4, 0.5) is 0 Å². The zero-order chi connectivity index (χ0) is 14.4. The summed E-state index contributed by atoms with van der Waals surface area (Å²) in [4.78, 5) is 2.46. The van der Waals surface area contributed by atoms with Crippen molar-refractivity contribution in [3.8, 4) is 5.75 Å². The number of rotatable bonds is 8. The van der Waals surface area contributed by atoms with Crippen molar-refractivity contribution in [1.82, 2.24) is 10.2 Å². The number of hydrogen-bond donors (Lipinski definition) is 1. The maximum absolute atomic E-state index is 5.51. The lowest BCUT2D eigenvalue weighted by atomic mass is 9.91. The minimum Gasteiger partial charge on any atom is -0.496 e. The molecule has 0 saturated heterocycles. The van der Waals surface area contributed by atoms with Crippen LogP contribution in [-0.4, -0.2) is 31.6 Å². The van der Waals surface area contributed by atoms with Gasteiger partial charge in [-0.1, -0.05) is 19.4 Å². The molecule has 1 aliphatic rings. The fourth-order valence-corrected chi connectivity index (χ4v) is 2.70. The minimum absolute atomic E-state index is 0.765. The third kappa shape index (κ3) is 3.97. The molecule has 2 rings (SSSR count). The molecule has 1 aromatic carbocycles. The fraction of sp³-hybridized carbons (Fsp3) is 0.647. The van der Waals surface area contributed by atoms with E-state index >= 15 is 0 Å². The smallest absolute Gasteiger partial charge is 0.123 e. The van der Waals surface area contributed by atoms with Gasteiger partial charge in [0, 0.05) is 24.7 Å². The van der Waals surface area contributed by atoms with Crippen molar-refractivity contribution in [2.24, 2.45) is 0 Å². The molecule has 1 fully saturated rings. The van der Waals surface area contributed by atoms with E-state index in [0.29, 0.717) is 0 Å². The van der Waals surface area contributed by atoms with E-state index in [4.69, 9.17) is 4.74 Å². The average Bonchev–Trinajstić information content (AvgIpc) is 2.37. The summed E-state index contributed by atoms with van der Waals surface area (Å²) in [6.45, 7) is 5.19. The molecule has 0 bridgehead atoms. The van der Waals surface area contributed by atoms with E-state index < -0.39 is 0 Å². The van der Waals surface area contributed by atoms with Gasteiger partial charge in [-0.05, 0) is 50.6 Å². The van der Waals surface area contributed by atoms with E-state index in [-0.39, 0.29) is 0 Å².